The molecule has 1 saturated carbocycles. The van der Waals surface area contributed by atoms with Gasteiger partial charge in [0, 0.05) is 19.3 Å². The first-order valence-corrected chi connectivity index (χ1v) is 8.82. The summed E-state index contributed by atoms with van der Waals surface area (Å²) in [7, 11) is 1.82. The van der Waals surface area contributed by atoms with Gasteiger partial charge in [0.15, 0.2) is 5.96 Å². The summed E-state index contributed by atoms with van der Waals surface area (Å²) in [6.07, 6.45) is 7.05. The van der Waals surface area contributed by atoms with Gasteiger partial charge in [-0.15, -0.1) is 0 Å². The molecule has 0 amide bonds. The first-order valence-electron chi connectivity index (χ1n) is 8.82. The minimum Gasteiger partial charge on any atom is -0.354 e. The van der Waals surface area contributed by atoms with Gasteiger partial charge in [0.1, 0.15) is 0 Å². The zero-order valence-corrected chi connectivity index (χ0v) is 14.6. The van der Waals surface area contributed by atoms with Gasteiger partial charge in [-0.25, -0.2) is 4.68 Å². The molecule has 128 valence electrons. The Labute approximate surface area is 144 Å². The van der Waals surface area contributed by atoms with Crippen LogP contribution in [0.4, 0.5) is 0 Å². The number of aromatic nitrogens is 2. The molecule has 0 radical (unpaired) electrons. The molecule has 0 bridgehead atoms. The largest absolute Gasteiger partial charge is 0.354 e. The molecule has 0 atom stereocenters. The molecule has 24 heavy (non-hydrogen) atoms. The van der Waals surface area contributed by atoms with Crippen molar-refractivity contribution in [1.82, 2.24) is 20.4 Å². The fourth-order valence-electron chi connectivity index (χ4n) is 3.15. The number of para-hydroxylation sites is 1. The van der Waals surface area contributed by atoms with Crippen molar-refractivity contribution in [2.75, 3.05) is 7.05 Å². The summed E-state index contributed by atoms with van der Waals surface area (Å²) in [4.78, 5) is 4.34. The third-order valence-corrected chi connectivity index (χ3v) is 4.68. The van der Waals surface area contributed by atoms with E-state index >= 15 is 0 Å². The summed E-state index contributed by atoms with van der Waals surface area (Å²) in [5.41, 5.74) is 2.07. The molecule has 5 nitrogen and oxygen atoms in total. The van der Waals surface area contributed by atoms with Crippen LogP contribution in [0.3, 0.4) is 0 Å². The van der Waals surface area contributed by atoms with Gasteiger partial charge >= 0.3 is 0 Å². The van der Waals surface area contributed by atoms with Crippen molar-refractivity contribution in [3.8, 4) is 5.69 Å². The maximum absolute atomic E-state index is 4.61. The normalized spacial score (nSPS) is 21.5. The number of rotatable bonds is 4. The third-order valence-electron chi connectivity index (χ3n) is 4.68. The highest BCUT2D eigenvalue weighted by Crippen LogP contribution is 2.23. The summed E-state index contributed by atoms with van der Waals surface area (Å²) < 4.78 is 1.90. The van der Waals surface area contributed by atoms with Gasteiger partial charge in [-0.05, 0) is 49.8 Å². The van der Waals surface area contributed by atoms with Crippen LogP contribution in [0, 0.1) is 5.92 Å². The Morgan fingerprint density at radius 3 is 2.62 bits per heavy atom. The van der Waals surface area contributed by atoms with Gasteiger partial charge in [0.25, 0.3) is 0 Å². The number of hydrogen-bond donors (Lipinski definition) is 2. The van der Waals surface area contributed by atoms with E-state index in [-0.39, 0.29) is 0 Å². The number of nitrogens with one attached hydrogen (secondary N) is 2. The highest BCUT2D eigenvalue weighted by Gasteiger charge is 2.18. The van der Waals surface area contributed by atoms with E-state index in [0.717, 1.165) is 23.3 Å². The summed E-state index contributed by atoms with van der Waals surface area (Å²) in [5.74, 6) is 1.73. The van der Waals surface area contributed by atoms with E-state index in [0.29, 0.717) is 12.6 Å². The molecule has 5 heteroatoms. The number of aliphatic imine (C=N–C) groups is 1. The minimum absolute atomic E-state index is 0.536. The van der Waals surface area contributed by atoms with Crippen LogP contribution in [0.1, 0.15) is 38.3 Å². The molecular weight excluding hydrogens is 298 g/mol. The molecule has 1 aromatic carbocycles. The smallest absolute Gasteiger partial charge is 0.191 e. The van der Waals surface area contributed by atoms with E-state index in [1.807, 2.05) is 42.2 Å². The SMILES string of the molecule is CN=C(NCc1ccn(-c2ccccc2)n1)NC1CCC(C)CC1. The molecule has 0 unspecified atom stereocenters. The van der Waals surface area contributed by atoms with Gasteiger partial charge < -0.3 is 10.6 Å². The zero-order chi connectivity index (χ0) is 16.8. The van der Waals surface area contributed by atoms with Gasteiger partial charge in [-0.2, -0.15) is 5.10 Å². The molecule has 1 aliphatic rings. The topological polar surface area (TPSA) is 54.2 Å². The predicted octanol–water partition coefficient (Wildman–Crippen LogP) is 3.12. The van der Waals surface area contributed by atoms with Crippen LogP contribution in [0.2, 0.25) is 0 Å². The number of guanidine groups is 1. The molecule has 0 spiro atoms. The monoisotopic (exact) mass is 325 g/mol. The Hall–Kier alpha value is -2.30. The van der Waals surface area contributed by atoms with Gasteiger partial charge in [-0.1, -0.05) is 25.1 Å². The minimum atomic E-state index is 0.536. The Kier molecular flexibility index (Phi) is 5.51. The summed E-state index contributed by atoms with van der Waals surface area (Å²) in [5, 5.41) is 11.5. The second-order valence-electron chi connectivity index (χ2n) is 6.61. The van der Waals surface area contributed by atoms with Crippen molar-refractivity contribution in [3.05, 3.63) is 48.3 Å². The van der Waals surface area contributed by atoms with Crippen LogP contribution in [0.15, 0.2) is 47.6 Å². The van der Waals surface area contributed by atoms with E-state index in [2.05, 4.69) is 39.8 Å². The standard InChI is InChI=1S/C19H27N5/c1-15-8-10-16(11-9-15)22-19(20-2)21-14-17-12-13-24(23-17)18-6-4-3-5-7-18/h3-7,12-13,15-16H,8-11,14H2,1-2H3,(H2,20,21,22). The summed E-state index contributed by atoms with van der Waals surface area (Å²) in [6.45, 7) is 3.01. The van der Waals surface area contributed by atoms with Crippen molar-refractivity contribution in [2.24, 2.45) is 10.9 Å². The van der Waals surface area contributed by atoms with Crippen molar-refractivity contribution in [2.45, 2.75) is 45.2 Å². The van der Waals surface area contributed by atoms with Gasteiger partial charge in [0.2, 0.25) is 0 Å². The average molecular weight is 325 g/mol. The Morgan fingerprint density at radius 1 is 1.17 bits per heavy atom. The highest BCUT2D eigenvalue weighted by atomic mass is 15.3. The molecule has 3 rings (SSSR count). The molecule has 1 aromatic heterocycles. The van der Waals surface area contributed by atoms with Crippen molar-refractivity contribution in [3.63, 3.8) is 0 Å². The van der Waals surface area contributed by atoms with Crippen LogP contribution in [-0.2, 0) is 6.54 Å². The van der Waals surface area contributed by atoms with Gasteiger partial charge in [0.05, 0.1) is 17.9 Å². The number of nitrogens with zero attached hydrogens (tertiary/aromatic N) is 3. The van der Waals surface area contributed by atoms with E-state index in [4.69, 9.17) is 0 Å². The summed E-state index contributed by atoms with van der Waals surface area (Å²) in [6, 6.07) is 12.7. The first kappa shape index (κ1) is 16.6. The van der Waals surface area contributed by atoms with Crippen LogP contribution in [0.5, 0.6) is 0 Å². The molecule has 2 aromatic rings. The quantitative estimate of drug-likeness (QED) is 0.671. The fraction of sp³-hybridized carbons (Fsp3) is 0.474. The lowest BCUT2D eigenvalue weighted by atomic mass is 9.87. The molecule has 0 aliphatic heterocycles. The molecular formula is C19H27N5. The first-order chi connectivity index (χ1) is 11.7. The lowest BCUT2D eigenvalue weighted by molar-refractivity contribution is 0.329. The lowest BCUT2D eigenvalue weighted by Gasteiger charge is -2.28. The summed E-state index contributed by atoms with van der Waals surface area (Å²) >= 11 is 0. The molecule has 0 saturated heterocycles. The van der Waals surface area contributed by atoms with Gasteiger partial charge in [-0.3, -0.25) is 4.99 Å². The molecule has 2 N–H and O–H groups in total. The van der Waals surface area contributed by atoms with Crippen LogP contribution < -0.4 is 10.6 Å². The van der Waals surface area contributed by atoms with Crippen molar-refractivity contribution in [1.29, 1.82) is 0 Å². The molecule has 1 fully saturated rings. The molecule has 1 heterocycles. The third kappa shape index (κ3) is 4.37. The van der Waals surface area contributed by atoms with E-state index < -0.39 is 0 Å². The molecule has 1 aliphatic carbocycles. The van der Waals surface area contributed by atoms with Crippen LogP contribution in [0.25, 0.3) is 5.69 Å². The Morgan fingerprint density at radius 2 is 1.92 bits per heavy atom. The van der Waals surface area contributed by atoms with Crippen molar-refractivity contribution >= 4 is 5.96 Å². The second kappa shape index (κ2) is 7.99. The Bertz CT molecular complexity index is 653. The Balaban J connectivity index is 1.52. The van der Waals surface area contributed by atoms with E-state index in [1.54, 1.807) is 0 Å². The van der Waals surface area contributed by atoms with Crippen LogP contribution in [-0.4, -0.2) is 28.8 Å². The van der Waals surface area contributed by atoms with Crippen LogP contribution >= 0.6 is 0 Å². The maximum atomic E-state index is 4.61. The zero-order valence-electron chi connectivity index (χ0n) is 14.6. The predicted molar refractivity (Wildman–Crippen MR) is 98.3 cm³/mol. The van der Waals surface area contributed by atoms with E-state index in [9.17, 15) is 0 Å². The lowest BCUT2D eigenvalue weighted by Crippen LogP contribution is -2.44. The average Bonchev–Trinajstić information content (AvgIpc) is 3.10. The van der Waals surface area contributed by atoms with E-state index in [1.165, 1.54) is 25.7 Å². The number of benzene rings is 1. The fourth-order valence-corrected chi connectivity index (χ4v) is 3.15. The maximum Gasteiger partial charge on any atom is 0.191 e. The van der Waals surface area contributed by atoms with Crippen molar-refractivity contribution < 1.29 is 0 Å². The number of hydrogen-bond acceptors (Lipinski definition) is 2. The highest BCUT2D eigenvalue weighted by molar-refractivity contribution is 5.79. The second-order valence-corrected chi connectivity index (χ2v) is 6.61.